The van der Waals surface area contributed by atoms with E-state index in [0.29, 0.717) is 13.1 Å². The van der Waals surface area contributed by atoms with E-state index in [2.05, 4.69) is 44.5 Å². The van der Waals surface area contributed by atoms with Gasteiger partial charge in [0, 0.05) is 42.3 Å². The topological polar surface area (TPSA) is 54.3 Å². The van der Waals surface area contributed by atoms with Gasteiger partial charge in [0.1, 0.15) is 11.5 Å². The van der Waals surface area contributed by atoms with Crippen LogP contribution in [0.3, 0.4) is 0 Å². The molecule has 0 spiro atoms. The number of fused-ring (bicyclic) bond motifs is 1. The van der Waals surface area contributed by atoms with Gasteiger partial charge >= 0.3 is 0 Å². The first-order chi connectivity index (χ1) is 16.2. The zero-order valence-corrected chi connectivity index (χ0v) is 20.6. The Morgan fingerprint density at radius 2 is 1.62 bits per heavy atom. The summed E-state index contributed by atoms with van der Waals surface area (Å²) in [6, 6.07) is 13.7. The van der Waals surface area contributed by atoms with Crippen molar-refractivity contribution < 1.29 is 14.0 Å². The Morgan fingerprint density at radius 1 is 1.00 bits per heavy atom. The molecule has 1 aromatic heterocycles. The third-order valence-electron chi connectivity index (χ3n) is 5.52. The molecule has 180 valence electrons. The fraction of sp³-hybridized carbons (Fsp3) is 0.357. The highest BCUT2D eigenvalue weighted by atomic mass is 19.1. The van der Waals surface area contributed by atoms with Gasteiger partial charge in [-0.3, -0.25) is 9.59 Å². The summed E-state index contributed by atoms with van der Waals surface area (Å²) in [4.78, 5) is 28.5. The third kappa shape index (κ3) is 5.93. The van der Waals surface area contributed by atoms with E-state index in [9.17, 15) is 14.0 Å². The Kier molecular flexibility index (Phi) is 8.26. The van der Waals surface area contributed by atoms with E-state index in [1.165, 1.54) is 18.2 Å². The van der Waals surface area contributed by atoms with Crippen molar-refractivity contribution in [3.05, 3.63) is 77.4 Å². The van der Waals surface area contributed by atoms with Crippen molar-refractivity contribution in [2.75, 3.05) is 13.1 Å². The van der Waals surface area contributed by atoms with Crippen LogP contribution in [0.25, 0.3) is 17.0 Å². The number of aryl methyl sites for hydroxylation is 1. The molecule has 1 N–H and O–H groups in total. The van der Waals surface area contributed by atoms with Crippen molar-refractivity contribution in [3.8, 4) is 0 Å². The number of carbonyl (C=O) groups is 2. The molecule has 34 heavy (non-hydrogen) atoms. The standard InChI is InChI=1S/C28H34FN3O2/c1-6-31-18-21(22-11-8-10-14-26(22)31)15-25(28(34)32(16-19(2)3)17-20(4)5)30-27(33)23-12-7-9-13-24(23)29/h7-15,18-20H,6,16-17H2,1-5H3,(H,30,33). The van der Waals surface area contributed by atoms with Crippen molar-refractivity contribution in [3.63, 3.8) is 0 Å². The maximum Gasteiger partial charge on any atom is 0.270 e. The number of hydrogen-bond donors (Lipinski definition) is 1. The summed E-state index contributed by atoms with van der Waals surface area (Å²) in [7, 11) is 0. The van der Waals surface area contributed by atoms with Crippen LogP contribution < -0.4 is 5.32 Å². The number of para-hydroxylation sites is 1. The van der Waals surface area contributed by atoms with Gasteiger partial charge < -0.3 is 14.8 Å². The van der Waals surface area contributed by atoms with E-state index < -0.39 is 11.7 Å². The lowest BCUT2D eigenvalue weighted by Gasteiger charge is -2.27. The molecular weight excluding hydrogens is 429 g/mol. The lowest BCUT2D eigenvalue weighted by Crippen LogP contribution is -2.42. The fourth-order valence-electron chi connectivity index (χ4n) is 4.09. The quantitative estimate of drug-likeness (QED) is 0.413. The molecule has 0 aliphatic rings. The Bertz CT molecular complexity index is 1180. The summed E-state index contributed by atoms with van der Waals surface area (Å²) in [5.41, 5.74) is 1.90. The zero-order valence-electron chi connectivity index (χ0n) is 20.6. The predicted octanol–water partition coefficient (Wildman–Crippen LogP) is 5.71. The first-order valence-electron chi connectivity index (χ1n) is 11.9. The van der Waals surface area contributed by atoms with Crippen LogP contribution in [0.4, 0.5) is 4.39 Å². The third-order valence-corrected chi connectivity index (χ3v) is 5.52. The number of amides is 2. The Balaban J connectivity index is 2.09. The summed E-state index contributed by atoms with van der Waals surface area (Å²) in [5, 5.41) is 3.70. The monoisotopic (exact) mass is 463 g/mol. The van der Waals surface area contributed by atoms with Gasteiger partial charge in [-0.15, -0.1) is 0 Å². The number of aromatic nitrogens is 1. The van der Waals surface area contributed by atoms with E-state index in [0.717, 1.165) is 23.0 Å². The largest absolute Gasteiger partial charge is 0.347 e. The molecule has 0 fully saturated rings. The Hall–Kier alpha value is -3.41. The van der Waals surface area contributed by atoms with E-state index in [4.69, 9.17) is 0 Å². The fourth-order valence-corrected chi connectivity index (χ4v) is 4.09. The lowest BCUT2D eigenvalue weighted by atomic mass is 10.1. The second kappa shape index (κ2) is 11.1. The van der Waals surface area contributed by atoms with Gasteiger partial charge in [-0.1, -0.05) is 58.0 Å². The van der Waals surface area contributed by atoms with Gasteiger partial charge in [-0.2, -0.15) is 0 Å². The summed E-state index contributed by atoms with van der Waals surface area (Å²) < 4.78 is 16.4. The molecule has 0 aliphatic heterocycles. The maximum absolute atomic E-state index is 14.3. The highest BCUT2D eigenvalue weighted by Gasteiger charge is 2.24. The first kappa shape index (κ1) is 25.2. The van der Waals surface area contributed by atoms with Crippen LogP contribution in [-0.4, -0.2) is 34.4 Å². The Morgan fingerprint density at radius 3 is 2.24 bits per heavy atom. The summed E-state index contributed by atoms with van der Waals surface area (Å²) in [6.45, 7) is 12.1. The van der Waals surface area contributed by atoms with E-state index in [1.54, 1.807) is 17.0 Å². The highest BCUT2D eigenvalue weighted by Crippen LogP contribution is 2.24. The zero-order chi connectivity index (χ0) is 24.8. The van der Waals surface area contributed by atoms with E-state index in [1.807, 2.05) is 30.5 Å². The van der Waals surface area contributed by atoms with Gasteiger partial charge in [-0.25, -0.2) is 4.39 Å². The molecule has 2 aromatic carbocycles. The minimum Gasteiger partial charge on any atom is -0.347 e. The molecule has 0 unspecified atom stereocenters. The minimum absolute atomic E-state index is 0.101. The van der Waals surface area contributed by atoms with Crippen LogP contribution in [0.1, 0.15) is 50.5 Å². The number of halogens is 1. The molecule has 0 bridgehead atoms. The molecule has 3 aromatic rings. The van der Waals surface area contributed by atoms with Crippen LogP contribution in [0, 0.1) is 17.7 Å². The van der Waals surface area contributed by atoms with Gasteiger partial charge in [0.05, 0.1) is 5.56 Å². The summed E-state index contributed by atoms with van der Waals surface area (Å²) in [5.74, 6) is -1.04. The number of carbonyl (C=O) groups excluding carboxylic acids is 2. The smallest absolute Gasteiger partial charge is 0.270 e. The van der Waals surface area contributed by atoms with Crippen molar-refractivity contribution in [1.29, 1.82) is 0 Å². The van der Waals surface area contributed by atoms with Gasteiger partial charge in [0.25, 0.3) is 11.8 Å². The molecule has 0 saturated heterocycles. The van der Waals surface area contributed by atoms with Crippen LogP contribution in [0.2, 0.25) is 0 Å². The van der Waals surface area contributed by atoms with Crippen LogP contribution in [0.5, 0.6) is 0 Å². The molecule has 3 rings (SSSR count). The lowest BCUT2D eigenvalue weighted by molar-refractivity contribution is -0.128. The number of nitrogens with zero attached hydrogens (tertiary/aromatic N) is 2. The number of nitrogens with one attached hydrogen (secondary N) is 1. The molecule has 1 heterocycles. The van der Waals surface area contributed by atoms with Crippen molar-refractivity contribution >= 4 is 28.8 Å². The second-order valence-corrected chi connectivity index (χ2v) is 9.38. The van der Waals surface area contributed by atoms with Crippen LogP contribution >= 0.6 is 0 Å². The molecule has 0 radical (unpaired) electrons. The molecular formula is C28H34FN3O2. The second-order valence-electron chi connectivity index (χ2n) is 9.38. The van der Waals surface area contributed by atoms with Gasteiger partial charge in [0.15, 0.2) is 0 Å². The van der Waals surface area contributed by atoms with Crippen molar-refractivity contribution in [2.45, 2.75) is 41.2 Å². The average molecular weight is 464 g/mol. The van der Waals surface area contributed by atoms with E-state index >= 15 is 0 Å². The van der Waals surface area contributed by atoms with Gasteiger partial charge in [0.2, 0.25) is 0 Å². The van der Waals surface area contributed by atoms with E-state index in [-0.39, 0.29) is 29.0 Å². The first-order valence-corrected chi connectivity index (χ1v) is 11.9. The van der Waals surface area contributed by atoms with Crippen molar-refractivity contribution in [2.24, 2.45) is 11.8 Å². The van der Waals surface area contributed by atoms with Crippen molar-refractivity contribution in [1.82, 2.24) is 14.8 Å². The van der Waals surface area contributed by atoms with Crippen LogP contribution in [0.15, 0.2) is 60.4 Å². The maximum atomic E-state index is 14.3. The number of benzene rings is 2. The Labute approximate surface area is 201 Å². The molecule has 2 amide bonds. The minimum atomic E-state index is -0.647. The molecule has 5 nitrogen and oxygen atoms in total. The molecule has 0 aliphatic carbocycles. The predicted molar refractivity (Wildman–Crippen MR) is 136 cm³/mol. The SMILES string of the molecule is CCn1cc(C=C(NC(=O)c2ccccc2F)C(=O)N(CC(C)C)CC(C)C)c2ccccc21. The average Bonchev–Trinajstić information content (AvgIpc) is 3.15. The van der Waals surface area contributed by atoms with Gasteiger partial charge in [-0.05, 0) is 43.0 Å². The summed E-state index contributed by atoms with van der Waals surface area (Å²) >= 11 is 0. The van der Waals surface area contributed by atoms with Crippen LogP contribution in [-0.2, 0) is 11.3 Å². The number of rotatable bonds is 9. The summed E-state index contributed by atoms with van der Waals surface area (Å²) in [6.07, 6.45) is 3.69. The normalized spacial score (nSPS) is 11.9. The molecule has 6 heteroatoms. The number of hydrogen-bond acceptors (Lipinski definition) is 2. The highest BCUT2D eigenvalue weighted by molar-refractivity contribution is 6.06. The molecule has 0 atom stereocenters. The molecule has 0 saturated carbocycles.